The van der Waals surface area contributed by atoms with Crippen molar-refractivity contribution in [3.05, 3.63) is 29.8 Å². The number of urea groups is 1. The Bertz CT molecular complexity index is 482. The van der Waals surface area contributed by atoms with Crippen molar-refractivity contribution < 1.29 is 28.2 Å². The Morgan fingerprint density at radius 2 is 2.11 bits per heavy atom. The van der Waals surface area contributed by atoms with Gasteiger partial charge < -0.3 is 20.5 Å². The SMILES string of the molecule is COC(CNC(=O)Nc1cccc(F)c1F)C(=O)O. The van der Waals surface area contributed by atoms with Gasteiger partial charge in [0, 0.05) is 7.11 Å². The maximum Gasteiger partial charge on any atom is 0.334 e. The van der Waals surface area contributed by atoms with Crippen LogP contribution in [0.1, 0.15) is 0 Å². The molecule has 0 fully saturated rings. The number of rotatable bonds is 5. The van der Waals surface area contributed by atoms with Crippen LogP contribution in [-0.4, -0.2) is 36.9 Å². The van der Waals surface area contributed by atoms with E-state index in [9.17, 15) is 18.4 Å². The van der Waals surface area contributed by atoms with Crippen LogP contribution in [0, 0.1) is 11.6 Å². The number of halogens is 2. The van der Waals surface area contributed by atoms with E-state index in [1.807, 2.05) is 0 Å². The molecule has 8 heteroatoms. The largest absolute Gasteiger partial charge is 0.479 e. The van der Waals surface area contributed by atoms with Gasteiger partial charge in [0.05, 0.1) is 12.2 Å². The minimum Gasteiger partial charge on any atom is -0.479 e. The molecule has 0 aliphatic carbocycles. The maximum absolute atomic E-state index is 13.2. The first-order valence-electron chi connectivity index (χ1n) is 5.20. The van der Waals surface area contributed by atoms with Crippen molar-refractivity contribution in [1.82, 2.24) is 5.32 Å². The lowest BCUT2D eigenvalue weighted by Crippen LogP contribution is -2.39. The van der Waals surface area contributed by atoms with Gasteiger partial charge >= 0.3 is 12.0 Å². The molecule has 0 saturated heterocycles. The Balaban J connectivity index is 2.56. The van der Waals surface area contributed by atoms with E-state index in [0.29, 0.717) is 0 Å². The summed E-state index contributed by atoms with van der Waals surface area (Å²) >= 11 is 0. The van der Waals surface area contributed by atoms with E-state index in [0.717, 1.165) is 6.07 Å². The maximum atomic E-state index is 13.2. The summed E-state index contributed by atoms with van der Waals surface area (Å²) in [6.07, 6.45) is -1.22. The Labute approximate surface area is 107 Å². The van der Waals surface area contributed by atoms with Crippen molar-refractivity contribution in [1.29, 1.82) is 0 Å². The fraction of sp³-hybridized carbons (Fsp3) is 0.273. The van der Waals surface area contributed by atoms with Gasteiger partial charge in [0.2, 0.25) is 0 Å². The third-order valence-electron chi connectivity index (χ3n) is 2.21. The minimum absolute atomic E-state index is 0.311. The standard InChI is InChI=1S/C11H12F2N2O4/c1-19-8(10(16)17)5-14-11(18)15-7-4-2-3-6(12)9(7)13/h2-4,8H,5H2,1H3,(H,16,17)(H2,14,15,18). The number of carboxylic acid groups (broad SMARTS) is 1. The van der Waals surface area contributed by atoms with Gasteiger partial charge in [-0.25, -0.2) is 18.4 Å². The lowest BCUT2D eigenvalue weighted by atomic mass is 10.3. The van der Waals surface area contributed by atoms with Crippen LogP contribution >= 0.6 is 0 Å². The van der Waals surface area contributed by atoms with Gasteiger partial charge in [-0.3, -0.25) is 0 Å². The number of amides is 2. The van der Waals surface area contributed by atoms with Gasteiger partial charge in [-0.2, -0.15) is 0 Å². The van der Waals surface area contributed by atoms with Crippen LogP contribution in [0.25, 0.3) is 0 Å². The first-order valence-corrected chi connectivity index (χ1v) is 5.20. The number of nitrogens with one attached hydrogen (secondary N) is 2. The van der Waals surface area contributed by atoms with Gasteiger partial charge in [-0.05, 0) is 12.1 Å². The second-order valence-corrected chi connectivity index (χ2v) is 3.50. The van der Waals surface area contributed by atoms with E-state index in [1.54, 1.807) is 0 Å². The molecule has 0 bridgehead atoms. The number of benzene rings is 1. The lowest BCUT2D eigenvalue weighted by Gasteiger charge is -2.12. The summed E-state index contributed by atoms with van der Waals surface area (Å²) in [6.45, 7) is -0.311. The van der Waals surface area contributed by atoms with Crippen LogP contribution in [0.3, 0.4) is 0 Å². The molecule has 3 N–H and O–H groups in total. The highest BCUT2D eigenvalue weighted by Gasteiger charge is 2.17. The molecule has 1 rings (SSSR count). The molecule has 2 amide bonds. The Kier molecular flexibility index (Phi) is 5.19. The number of carbonyl (C=O) groups is 2. The number of hydrogen-bond acceptors (Lipinski definition) is 3. The van der Waals surface area contributed by atoms with Gasteiger partial charge in [-0.15, -0.1) is 0 Å². The first-order chi connectivity index (χ1) is 8.95. The summed E-state index contributed by atoms with van der Waals surface area (Å²) in [7, 11) is 1.17. The number of ether oxygens (including phenoxy) is 1. The van der Waals surface area contributed by atoms with Crippen LogP contribution in [-0.2, 0) is 9.53 Å². The highest BCUT2D eigenvalue weighted by atomic mass is 19.2. The zero-order valence-electron chi connectivity index (χ0n) is 9.94. The molecule has 1 aromatic carbocycles. The van der Waals surface area contributed by atoms with Crippen molar-refractivity contribution >= 4 is 17.7 Å². The van der Waals surface area contributed by atoms with Crippen LogP contribution in [0.4, 0.5) is 19.3 Å². The first kappa shape index (κ1) is 14.8. The predicted octanol–water partition coefficient (Wildman–Crippen LogP) is 1.19. The number of methoxy groups -OCH3 is 1. The molecule has 0 radical (unpaired) electrons. The molecule has 0 aliphatic rings. The molecule has 104 valence electrons. The predicted molar refractivity (Wildman–Crippen MR) is 61.8 cm³/mol. The smallest absolute Gasteiger partial charge is 0.334 e. The van der Waals surface area contributed by atoms with E-state index < -0.39 is 29.7 Å². The van der Waals surface area contributed by atoms with Crippen molar-refractivity contribution in [2.75, 3.05) is 19.0 Å². The normalized spacial score (nSPS) is 11.7. The van der Waals surface area contributed by atoms with E-state index in [4.69, 9.17) is 5.11 Å². The highest BCUT2D eigenvalue weighted by Crippen LogP contribution is 2.16. The summed E-state index contributed by atoms with van der Waals surface area (Å²) in [5, 5.41) is 12.9. The van der Waals surface area contributed by atoms with Crippen LogP contribution in [0.2, 0.25) is 0 Å². The van der Waals surface area contributed by atoms with Gasteiger partial charge in [0.25, 0.3) is 0 Å². The molecule has 0 aromatic heterocycles. The topological polar surface area (TPSA) is 87.7 Å². The summed E-state index contributed by atoms with van der Waals surface area (Å²) in [5.41, 5.74) is -0.346. The number of carboxylic acids is 1. The number of aliphatic carboxylic acids is 1. The lowest BCUT2D eigenvalue weighted by molar-refractivity contribution is -0.147. The fourth-order valence-electron chi connectivity index (χ4n) is 1.22. The van der Waals surface area contributed by atoms with Gasteiger partial charge in [0.15, 0.2) is 17.7 Å². The van der Waals surface area contributed by atoms with Crippen molar-refractivity contribution in [3.8, 4) is 0 Å². The Morgan fingerprint density at radius 3 is 2.68 bits per heavy atom. The quantitative estimate of drug-likeness (QED) is 0.752. The fourth-order valence-corrected chi connectivity index (χ4v) is 1.22. The molecular weight excluding hydrogens is 262 g/mol. The molecule has 0 spiro atoms. The zero-order valence-corrected chi connectivity index (χ0v) is 9.94. The molecule has 1 atom stereocenters. The molecule has 0 heterocycles. The van der Waals surface area contributed by atoms with Crippen molar-refractivity contribution in [2.45, 2.75) is 6.10 Å². The number of hydrogen-bond donors (Lipinski definition) is 3. The Morgan fingerprint density at radius 1 is 1.42 bits per heavy atom. The number of anilines is 1. The molecule has 6 nitrogen and oxygen atoms in total. The molecule has 0 aliphatic heterocycles. The monoisotopic (exact) mass is 274 g/mol. The average molecular weight is 274 g/mol. The van der Waals surface area contributed by atoms with E-state index in [2.05, 4.69) is 15.4 Å². The molecule has 19 heavy (non-hydrogen) atoms. The van der Waals surface area contributed by atoms with Crippen LogP contribution in [0.15, 0.2) is 18.2 Å². The molecule has 1 aromatic rings. The average Bonchev–Trinajstić information content (AvgIpc) is 2.35. The van der Waals surface area contributed by atoms with Crippen molar-refractivity contribution in [2.24, 2.45) is 0 Å². The third-order valence-corrected chi connectivity index (χ3v) is 2.21. The summed E-state index contributed by atoms with van der Waals surface area (Å²) in [5.74, 6) is -3.54. The summed E-state index contributed by atoms with van der Waals surface area (Å²) < 4.78 is 30.7. The van der Waals surface area contributed by atoms with Crippen molar-refractivity contribution in [3.63, 3.8) is 0 Å². The van der Waals surface area contributed by atoms with Gasteiger partial charge in [0.1, 0.15) is 0 Å². The minimum atomic E-state index is -1.25. The summed E-state index contributed by atoms with van der Waals surface area (Å²) in [6, 6.07) is 2.43. The van der Waals surface area contributed by atoms with Gasteiger partial charge in [-0.1, -0.05) is 6.07 Å². The van der Waals surface area contributed by atoms with E-state index >= 15 is 0 Å². The second-order valence-electron chi connectivity index (χ2n) is 3.50. The molecular formula is C11H12F2N2O4. The number of carbonyl (C=O) groups excluding carboxylic acids is 1. The third kappa shape index (κ3) is 4.18. The molecule has 1 unspecified atom stereocenters. The van der Waals surface area contributed by atoms with Crippen LogP contribution < -0.4 is 10.6 Å². The van der Waals surface area contributed by atoms with E-state index in [-0.39, 0.29) is 12.2 Å². The van der Waals surface area contributed by atoms with Crippen LogP contribution in [0.5, 0.6) is 0 Å². The second kappa shape index (κ2) is 6.64. The summed E-state index contributed by atoms with van der Waals surface area (Å²) in [4.78, 5) is 22.0. The molecule has 0 saturated carbocycles. The Hall–Kier alpha value is -2.22. The zero-order chi connectivity index (χ0) is 14.4. The van der Waals surface area contributed by atoms with E-state index in [1.165, 1.54) is 19.2 Å². The highest BCUT2D eigenvalue weighted by molar-refractivity contribution is 5.89.